The summed E-state index contributed by atoms with van der Waals surface area (Å²) >= 11 is 0. The fraction of sp³-hybridized carbons (Fsp3) is 0.875. The van der Waals surface area contributed by atoms with Crippen LogP contribution in [-0.2, 0) is 4.79 Å². The second-order valence-corrected chi connectivity index (χ2v) is 3.64. The van der Waals surface area contributed by atoms with Crippen LogP contribution in [-0.4, -0.2) is 23.9 Å². The molecule has 0 aromatic rings. The van der Waals surface area contributed by atoms with Crippen molar-refractivity contribution in [2.45, 2.75) is 33.2 Å². The molecular weight excluding hydrogens is 126 g/mol. The molecule has 0 aliphatic heterocycles. The molecule has 1 aliphatic rings. The van der Waals surface area contributed by atoms with E-state index in [9.17, 15) is 4.79 Å². The maximum absolute atomic E-state index is 10.4. The van der Waals surface area contributed by atoms with E-state index in [1.54, 1.807) is 0 Å². The van der Waals surface area contributed by atoms with Crippen LogP contribution in [0, 0.1) is 5.41 Å². The lowest BCUT2D eigenvalue weighted by Gasteiger charge is -2.16. The summed E-state index contributed by atoms with van der Waals surface area (Å²) < 4.78 is 0. The zero-order valence-corrected chi connectivity index (χ0v) is 6.92. The first-order valence-electron chi connectivity index (χ1n) is 3.83. The molecule has 1 saturated carbocycles. The minimum atomic E-state index is 0.386. The molecule has 1 fully saturated rings. The zero-order chi connectivity index (χ0) is 7.78. The molecule has 1 aliphatic carbocycles. The topological polar surface area (TPSA) is 20.3 Å². The van der Waals surface area contributed by atoms with Crippen molar-refractivity contribution in [3.05, 3.63) is 0 Å². The van der Waals surface area contributed by atoms with Gasteiger partial charge in [0.1, 0.15) is 0 Å². The van der Waals surface area contributed by atoms with Gasteiger partial charge in [0.05, 0.1) is 0 Å². The predicted molar refractivity (Wildman–Crippen MR) is 40.6 cm³/mol. The molecule has 1 atom stereocenters. The van der Waals surface area contributed by atoms with Gasteiger partial charge in [0, 0.05) is 12.6 Å². The molecule has 0 bridgehead atoms. The van der Waals surface area contributed by atoms with Gasteiger partial charge in [-0.3, -0.25) is 4.79 Å². The van der Waals surface area contributed by atoms with Crippen molar-refractivity contribution >= 4 is 6.41 Å². The third kappa shape index (κ3) is 1.15. The number of hydrogen-bond donors (Lipinski definition) is 0. The number of hydrogen-bond acceptors (Lipinski definition) is 1. The SMILES string of the molecule is CCN(C=O)[C@H]1CC1(C)C. The minimum Gasteiger partial charge on any atom is -0.342 e. The summed E-state index contributed by atoms with van der Waals surface area (Å²) in [5.74, 6) is 0. The average Bonchev–Trinajstić information content (AvgIpc) is 2.44. The third-order valence-electron chi connectivity index (χ3n) is 2.36. The lowest BCUT2D eigenvalue weighted by molar-refractivity contribution is -0.118. The Morgan fingerprint density at radius 3 is 2.30 bits per heavy atom. The standard InChI is InChI=1S/C8H15NO/c1-4-9(6-10)7-5-8(7,2)3/h6-7H,4-5H2,1-3H3/t7-/m0/s1. The molecule has 0 N–H and O–H groups in total. The first-order valence-corrected chi connectivity index (χ1v) is 3.83. The van der Waals surface area contributed by atoms with Gasteiger partial charge in [0.15, 0.2) is 0 Å². The summed E-state index contributed by atoms with van der Waals surface area (Å²) in [6.07, 6.45) is 2.12. The van der Waals surface area contributed by atoms with E-state index in [2.05, 4.69) is 13.8 Å². The van der Waals surface area contributed by atoms with Gasteiger partial charge in [-0.15, -0.1) is 0 Å². The van der Waals surface area contributed by atoms with Crippen LogP contribution < -0.4 is 0 Å². The molecule has 1 rings (SSSR count). The van der Waals surface area contributed by atoms with Crippen LogP contribution in [0.25, 0.3) is 0 Å². The highest BCUT2D eigenvalue weighted by molar-refractivity contribution is 5.49. The highest BCUT2D eigenvalue weighted by atomic mass is 16.1. The molecule has 2 heteroatoms. The van der Waals surface area contributed by atoms with Gasteiger partial charge in [-0.25, -0.2) is 0 Å². The lowest BCUT2D eigenvalue weighted by atomic mass is 10.2. The Balaban J connectivity index is 2.44. The van der Waals surface area contributed by atoms with Gasteiger partial charge in [0.25, 0.3) is 0 Å². The summed E-state index contributed by atoms with van der Waals surface area (Å²) in [7, 11) is 0. The third-order valence-corrected chi connectivity index (χ3v) is 2.36. The fourth-order valence-corrected chi connectivity index (χ4v) is 1.37. The Morgan fingerprint density at radius 1 is 1.70 bits per heavy atom. The maximum atomic E-state index is 10.4. The maximum Gasteiger partial charge on any atom is 0.209 e. The zero-order valence-electron chi connectivity index (χ0n) is 6.92. The van der Waals surface area contributed by atoms with Gasteiger partial charge >= 0.3 is 0 Å². The van der Waals surface area contributed by atoms with Gasteiger partial charge in [-0.1, -0.05) is 13.8 Å². The van der Waals surface area contributed by atoms with Crippen molar-refractivity contribution in [3.8, 4) is 0 Å². The van der Waals surface area contributed by atoms with Crippen molar-refractivity contribution in [1.82, 2.24) is 4.90 Å². The number of carbonyl (C=O) groups is 1. The Labute approximate surface area is 62.2 Å². The Bertz CT molecular complexity index is 142. The molecule has 0 spiro atoms. The second kappa shape index (κ2) is 2.26. The molecular formula is C8H15NO. The molecule has 0 radical (unpaired) electrons. The van der Waals surface area contributed by atoms with Gasteiger partial charge in [-0.2, -0.15) is 0 Å². The van der Waals surface area contributed by atoms with Crippen molar-refractivity contribution in [2.75, 3.05) is 6.54 Å². The molecule has 2 nitrogen and oxygen atoms in total. The fourth-order valence-electron chi connectivity index (χ4n) is 1.37. The van der Waals surface area contributed by atoms with E-state index < -0.39 is 0 Å². The van der Waals surface area contributed by atoms with Crippen molar-refractivity contribution in [2.24, 2.45) is 5.41 Å². The first-order chi connectivity index (χ1) is 4.61. The number of rotatable bonds is 3. The first kappa shape index (κ1) is 7.58. The van der Waals surface area contributed by atoms with Crippen molar-refractivity contribution < 1.29 is 4.79 Å². The molecule has 0 heterocycles. The molecule has 0 aromatic heterocycles. The van der Waals surface area contributed by atoms with Crippen molar-refractivity contribution in [1.29, 1.82) is 0 Å². The van der Waals surface area contributed by atoms with Gasteiger partial charge in [-0.05, 0) is 18.8 Å². The Hall–Kier alpha value is -0.530. The summed E-state index contributed by atoms with van der Waals surface area (Å²) in [6.45, 7) is 7.26. The molecule has 10 heavy (non-hydrogen) atoms. The summed E-state index contributed by atoms with van der Waals surface area (Å²) in [4.78, 5) is 12.3. The molecule has 0 saturated heterocycles. The van der Waals surface area contributed by atoms with Crippen LogP contribution in [0.3, 0.4) is 0 Å². The van der Waals surface area contributed by atoms with Crippen LogP contribution in [0.5, 0.6) is 0 Å². The monoisotopic (exact) mass is 141 g/mol. The van der Waals surface area contributed by atoms with Crippen LogP contribution in [0.15, 0.2) is 0 Å². The average molecular weight is 141 g/mol. The van der Waals surface area contributed by atoms with E-state index in [-0.39, 0.29) is 0 Å². The van der Waals surface area contributed by atoms with E-state index in [1.807, 2.05) is 11.8 Å². The highest BCUT2D eigenvalue weighted by Gasteiger charge is 2.48. The van der Waals surface area contributed by atoms with Crippen molar-refractivity contribution in [3.63, 3.8) is 0 Å². The molecule has 0 aromatic carbocycles. The molecule has 0 unspecified atom stereocenters. The number of nitrogens with zero attached hydrogens (tertiary/aromatic N) is 1. The predicted octanol–water partition coefficient (Wildman–Crippen LogP) is 1.26. The summed E-state index contributed by atoms with van der Waals surface area (Å²) in [5.41, 5.74) is 0.386. The molecule has 1 amide bonds. The van der Waals surface area contributed by atoms with Crippen LogP contribution in [0.4, 0.5) is 0 Å². The Morgan fingerprint density at radius 2 is 2.20 bits per heavy atom. The summed E-state index contributed by atoms with van der Waals surface area (Å²) in [5, 5.41) is 0. The van der Waals surface area contributed by atoms with Crippen LogP contribution in [0.1, 0.15) is 27.2 Å². The van der Waals surface area contributed by atoms with E-state index in [0.29, 0.717) is 11.5 Å². The van der Waals surface area contributed by atoms with E-state index in [4.69, 9.17) is 0 Å². The van der Waals surface area contributed by atoms with E-state index in [0.717, 1.165) is 13.0 Å². The normalized spacial score (nSPS) is 27.7. The van der Waals surface area contributed by atoms with E-state index >= 15 is 0 Å². The summed E-state index contributed by atoms with van der Waals surface area (Å²) in [6, 6.07) is 0.509. The quantitative estimate of drug-likeness (QED) is 0.542. The number of amides is 1. The van der Waals surface area contributed by atoms with Crippen LogP contribution in [0.2, 0.25) is 0 Å². The largest absolute Gasteiger partial charge is 0.342 e. The highest BCUT2D eigenvalue weighted by Crippen LogP contribution is 2.47. The van der Waals surface area contributed by atoms with E-state index in [1.165, 1.54) is 6.42 Å². The second-order valence-electron chi connectivity index (χ2n) is 3.64. The van der Waals surface area contributed by atoms with Gasteiger partial charge in [0.2, 0.25) is 6.41 Å². The van der Waals surface area contributed by atoms with Gasteiger partial charge < -0.3 is 4.90 Å². The minimum absolute atomic E-state index is 0.386. The van der Waals surface area contributed by atoms with Crippen LogP contribution >= 0.6 is 0 Å². The number of carbonyl (C=O) groups excluding carboxylic acids is 1. The lowest BCUT2D eigenvalue weighted by Crippen LogP contribution is -2.26. The smallest absolute Gasteiger partial charge is 0.209 e. The Kier molecular flexibility index (Phi) is 1.71. The molecule has 58 valence electrons.